The lowest BCUT2D eigenvalue weighted by Gasteiger charge is -2.20. The second-order valence-corrected chi connectivity index (χ2v) is 6.60. The number of halogens is 2. The van der Waals surface area contributed by atoms with E-state index in [1.807, 2.05) is 25.1 Å². The van der Waals surface area contributed by atoms with Crippen LogP contribution >= 0.6 is 11.6 Å². The molecule has 0 spiro atoms. The van der Waals surface area contributed by atoms with Crippen molar-refractivity contribution in [2.75, 3.05) is 23.8 Å². The summed E-state index contributed by atoms with van der Waals surface area (Å²) in [5.41, 5.74) is 2.22. The maximum Gasteiger partial charge on any atom is 0.312 e. The van der Waals surface area contributed by atoms with Gasteiger partial charge in [0.25, 0.3) is 0 Å². The number of imidazole rings is 1. The first-order valence-corrected chi connectivity index (χ1v) is 9.01. The van der Waals surface area contributed by atoms with Gasteiger partial charge < -0.3 is 20.7 Å². The summed E-state index contributed by atoms with van der Waals surface area (Å²) in [5, 5.41) is 16.9. The lowest BCUT2D eigenvalue weighted by atomic mass is 10.1. The molecule has 10 heteroatoms. The Labute approximate surface area is 164 Å². The van der Waals surface area contributed by atoms with Crippen molar-refractivity contribution in [2.45, 2.75) is 13.0 Å². The molecule has 0 bridgehead atoms. The third-order valence-electron chi connectivity index (χ3n) is 4.30. The number of nitrogens with one attached hydrogen (secondary N) is 3. The Kier molecular flexibility index (Phi) is 4.93. The van der Waals surface area contributed by atoms with Crippen molar-refractivity contribution in [3.63, 3.8) is 0 Å². The average molecular weight is 402 g/mol. The Balaban J connectivity index is 1.76. The van der Waals surface area contributed by atoms with Crippen LogP contribution in [-0.2, 0) is 0 Å². The molecule has 0 radical (unpaired) electrons. The van der Waals surface area contributed by atoms with E-state index in [9.17, 15) is 9.50 Å². The van der Waals surface area contributed by atoms with Gasteiger partial charge in [-0.3, -0.25) is 0 Å². The lowest BCUT2D eigenvalue weighted by Crippen LogP contribution is -2.15. The molecular formula is C18H17ClFN7O. The van der Waals surface area contributed by atoms with E-state index >= 15 is 0 Å². The van der Waals surface area contributed by atoms with Gasteiger partial charge in [-0.05, 0) is 19.1 Å². The van der Waals surface area contributed by atoms with Gasteiger partial charge in [-0.1, -0.05) is 23.7 Å². The molecule has 1 atom stereocenters. The van der Waals surface area contributed by atoms with Crippen LogP contribution in [-0.4, -0.2) is 43.2 Å². The number of H-pyrrole nitrogens is 1. The fourth-order valence-electron chi connectivity index (χ4n) is 3.02. The minimum Gasteiger partial charge on any atom is -0.395 e. The predicted octanol–water partition coefficient (Wildman–Crippen LogP) is 3.27. The molecule has 3 heterocycles. The number of aliphatic hydroxyl groups is 1. The van der Waals surface area contributed by atoms with Gasteiger partial charge in [0.05, 0.1) is 29.5 Å². The molecule has 3 aromatic heterocycles. The van der Waals surface area contributed by atoms with Gasteiger partial charge in [-0.2, -0.15) is 14.4 Å². The Morgan fingerprint density at radius 3 is 2.89 bits per heavy atom. The van der Waals surface area contributed by atoms with Crippen LogP contribution in [0.2, 0.25) is 5.02 Å². The van der Waals surface area contributed by atoms with Crippen molar-refractivity contribution in [2.24, 2.45) is 0 Å². The number of rotatable bonds is 6. The van der Waals surface area contributed by atoms with E-state index in [-0.39, 0.29) is 18.5 Å². The summed E-state index contributed by atoms with van der Waals surface area (Å²) in [4.78, 5) is 19.1. The van der Waals surface area contributed by atoms with Crippen molar-refractivity contribution < 1.29 is 9.50 Å². The maximum absolute atomic E-state index is 13.7. The van der Waals surface area contributed by atoms with Gasteiger partial charge in [0.15, 0.2) is 11.5 Å². The molecule has 144 valence electrons. The molecule has 4 N–H and O–H groups in total. The number of aromatic nitrogens is 5. The second kappa shape index (κ2) is 7.53. The highest BCUT2D eigenvalue weighted by Gasteiger charge is 2.18. The van der Waals surface area contributed by atoms with E-state index in [0.29, 0.717) is 34.1 Å². The number of hydrogen-bond donors (Lipinski definition) is 4. The third-order valence-corrected chi connectivity index (χ3v) is 4.61. The monoisotopic (exact) mass is 401 g/mol. The van der Waals surface area contributed by atoms with Crippen molar-refractivity contribution in [1.82, 2.24) is 24.9 Å². The van der Waals surface area contributed by atoms with Crippen LogP contribution in [0.5, 0.6) is 0 Å². The maximum atomic E-state index is 13.7. The second-order valence-electron chi connectivity index (χ2n) is 6.20. The molecule has 28 heavy (non-hydrogen) atoms. The van der Waals surface area contributed by atoms with Crippen LogP contribution in [0.15, 0.2) is 30.6 Å². The zero-order valence-corrected chi connectivity index (χ0v) is 15.6. The molecule has 0 fully saturated rings. The van der Waals surface area contributed by atoms with Gasteiger partial charge in [-0.25, -0.2) is 9.97 Å². The summed E-state index contributed by atoms with van der Waals surface area (Å²) in [6, 6.07) is 7.18. The number of pyridine rings is 1. The Bertz CT molecular complexity index is 1150. The largest absolute Gasteiger partial charge is 0.395 e. The smallest absolute Gasteiger partial charge is 0.312 e. The number of hydrogen-bond acceptors (Lipinski definition) is 7. The Hall–Kier alpha value is -3.04. The highest BCUT2D eigenvalue weighted by atomic mass is 35.5. The first-order valence-electron chi connectivity index (χ1n) is 8.64. The number of fused-ring (bicyclic) bond motifs is 2. The lowest BCUT2D eigenvalue weighted by molar-refractivity contribution is 0.311. The topological polar surface area (TPSA) is 112 Å². The highest BCUT2D eigenvalue weighted by Crippen LogP contribution is 2.31. The van der Waals surface area contributed by atoms with Gasteiger partial charge in [0.1, 0.15) is 11.3 Å². The number of benzene rings is 1. The number of para-hydroxylation sites is 1. The molecule has 0 unspecified atom stereocenters. The molecule has 4 aromatic rings. The minimum atomic E-state index is -0.853. The first-order chi connectivity index (χ1) is 13.6. The van der Waals surface area contributed by atoms with E-state index in [4.69, 9.17) is 11.6 Å². The summed E-state index contributed by atoms with van der Waals surface area (Å²) in [7, 11) is 0. The van der Waals surface area contributed by atoms with Gasteiger partial charge in [0.2, 0.25) is 0 Å². The van der Waals surface area contributed by atoms with Crippen LogP contribution in [0.3, 0.4) is 0 Å². The molecule has 8 nitrogen and oxygen atoms in total. The van der Waals surface area contributed by atoms with E-state index in [0.717, 1.165) is 10.9 Å². The molecule has 0 aliphatic carbocycles. The Morgan fingerprint density at radius 2 is 2.07 bits per heavy atom. The van der Waals surface area contributed by atoms with Crippen LogP contribution in [0.25, 0.3) is 22.1 Å². The molecule has 1 aromatic carbocycles. The standard InChI is InChI=1S/C18H17ClFN7O/c1-9(24-17-14-16(23-8-22-14)26-18(20)27-17)11-7-10-3-2-4-12(19)13(10)25-15(11)21-5-6-28/h2-4,7-9,28H,5-6H2,1H3,(H,21,25)(H2,22,23,24,26,27)/t9-/m0/s1. The highest BCUT2D eigenvalue weighted by molar-refractivity contribution is 6.35. The number of nitrogens with zero attached hydrogens (tertiary/aromatic N) is 4. The summed E-state index contributed by atoms with van der Waals surface area (Å²) < 4.78 is 13.7. The molecule has 0 amide bonds. The summed E-state index contributed by atoms with van der Waals surface area (Å²) >= 11 is 6.27. The SMILES string of the molecule is C[C@H](Nc1nc(F)nc2[nH]cnc12)c1cc2cccc(Cl)c2nc1NCCO. The average Bonchev–Trinajstić information content (AvgIpc) is 3.14. The molecule has 4 rings (SSSR count). The number of aliphatic hydroxyl groups excluding tert-OH is 1. The van der Waals surface area contributed by atoms with Crippen LogP contribution in [0.1, 0.15) is 18.5 Å². The normalized spacial score (nSPS) is 12.4. The Morgan fingerprint density at radius 1 is 1.21 bits per heavy atom. The fraction of sp³-hybridized carbons (Fsp3) is 0.222. The van der Waals surface area contributed by atoms with E-state index in [1.165, 1.54) is 6.33 Å². The van der Waals surface area contributed by atoms with Crippen molar-refractivity contribution >= 4 is 45.3 Å². The fourth-order valence-corrected chi connectivity index (χ4v) is 3.24. The van der Waals surface area contributed by atoms with Crippen LogP contribution in [0, 0.1) is 6.08 Å². The zero-order chi connectivity index (χ0) is 19.7. The van der Waals surface area contributed by atoms with Crippen molar-refractivity contribution in [1.29, 1.82) is 0 Å². The molecular weight excluding hydrogens is 385 g/mol. The quantitative estimate of drug-likeness (QED) is 0.367. The number of anilines is 2. The van der Waals surface area contributed by atoms with Crippen molar-refractivity contribution in [3.05, 3.63) is 47.3 Å². The summed E-state index contributed by atoms with van der Waals surface area (Å²) in [5.74, 6) is 0.845. The van der Waals surface area contributed by atoms with Gasteiger partial charge in [-0.15, -0.1) is 0 Å². The summed E-state index contributed by atoms with van der Waals surface area (Å²) in [6.45, 7) is 2.18. The van der Waals surface area contributed by atoms with E-state index < -0.39 is 6.08 Å². The first kappa shape index (κ1) is 18.3. The molecule has 0 aliphatic heterocycles. The molecule has 0 saturated heterocycles. The minimum absolute atomic E-state index is 0.0471. The third kappa shape index (κ3) is 3.41. The number of aromatic amines is 1. The van der Waals surface area contributed by atoms with Gasteiger partial charge >= 0.3 is 6.08 Å². The van der Waals surface area contributed by atoms with Gasteiger partial charge in [0, 0.05) is 17.5 Å². The summed E-state index contributed by atoms with van der Waals surface area (Å²) in [6.07, 6.45) is 0.580. The van der Waals surface area contributed by atoms with Crippen molar-refractivity contribution in [3.8, 4) is 0 Å². The zero-order valence-electron chi connectivity index (χ0n) is 14.9. The van der Waals surface area contributed by atoms with Crippen LogP contribution < -0.4 is 10.6 Å². The van der Waals surface area contributed by atoms with E-state index in [2.05, 4.69) is 35.6 Å². The predicted molar refractivity (Wildman–Crippen MR) is 106 cm³/mol. The van der Waals surface area contributed by atoms with Crippen LogP contribution in [0.4, 0.5) is 16.0 Å². The molecule has 0 saturated carbocycles. The molecule has 0 aliphatic rings. The van der Waals surface area contributed by atoms with E-state index in [1.54, 1.807) is 6.07 Å².